The normalized spacial score (nSPS) is 15.1. The largest absolute Gasteiger partial charge is 0.478 e. The van der Waals surface area contributed by atoms with E-state index in [0.717, 1.165) is 12.3 Å². The van der Waals surface area contributed by atoms with Gasteiger partial charge in [-0.2, -0.15) is 0 Å². The monoisotopic (exact) mass is 579 g/mol. The Kier molecular flexibility index (Phi) is 8.18. The lowest BCUT2D eigenvalue weighted by atomic mass is 9.97. The highest BCUT2D eigenvalue weighted by molar-refractivity contribution is 6.34. The minimum absolute atomic E-state index is 0.114. The molecule has 2 aliphatic heterocycles. The van der Waals surface area contributed by atoms with Gasteiger partial charge in [0, 0.05) is 61.0 Å². The molecule has 0 unspecified atom stereocenters. The predicted octanol–water partition coefficient (Wildman–Crippen LogP) is 4.28. The number of hydrogen-bond donors (Lipinski definition) is 3. The predicted molar refractivity (Wildman–Crippen MR) is 152 cm³/mol. The summed E-state index contributed by atoms with van der Waals surface area (Å²) in [4.78, 5) is 32.9. The summed E-state index contributed by atoms with van der Waals surface area (Å²) in [6.45, 7) is 1.92. The first-order valence-electron chi connectivity index (χ1n) is 12.8. The van der Waals surface area contributed by atoms with Crippen LogP contribution in [0.2, 0.25) is 5.02 Å². The number of aromatic nitrogens is 1. The smallest absolute Gasteiger partial charge is 0.337 e. The van der Waals surface area contributed by atoms with Crippen LogP contribution >= 0.6 is 11.6 Å². The van der Waals surface area contributed by atoms with E-state index in [1.165, 1.54) is 17.2 Å². The van der Waals surface area contributed by atoms with Crippen LogP contribution in [0, 0.1) is 11.2 Å². The number of amides is 1. The first kappa shape index (κ1) is 28.1. The van der Waals surface area contributed by atoms with Gasteiger partial charge in [-0.25, -0.2) is 9.18 Å². The summed E-state index contributed by atoms with van der Waals surface area (Å²) in [5.74, 6) is -1.89. The molecule has 0 spiro atoms. The summed E-state index contributed by atoms with van der Waals surface area (Å²) in [7, 11) is 1.70. The molecule has 2 aliphatic rings. The van der Waals surface area contributed by atoms with Crippen LogP contribution in [0.5, 0.6) is 5.75 Å². The number of carboxylic acid groups (broad SMARTS) is 1. The number of hydrogen-bond acceptors (Lipinski definition) is 8. The number of halogens is 2. The number of para-hydroxylation sites is 1. The van der Waals surface area contributed by atoms with E-state index in [9.17, 15) is 14.7 Å². The molecule has 0 atom stereocenters. The number of pyridine rings is 1. The molecule has 0 radical (unpaired) electrons. The molecule has 1 saturated heterocycles. The van der Waals surface area contributed by atoms with Crippen molar-refractivity contribution in [3.8, 4) is 16.9 Å². The number of carbonyl (C=O) groups is 2. The number of ether oxygens (including phenoxy) is 2. The molecule has 5 rings (SSSR count). The molecule has 1 fully saturated rings. The SMILES string of the molecule is CN/C=C(\C=N)c1cc(Cl)c(C(=O)N2COc3c(cccc3-c3cc(N4CCOCC4)c(C(=O)O)cc3F)C2)cn1. The highest BCUT2D eigenvalue weighted by Gasteiger charge is 2.29. The Hall–Kier alpha value is -4.48. The zero-order chi connectivity index (χ0) is 29.1. The first-order chi connectivity index (χ1) is 19.8. The number of carbonyl (C=O) groups excluding carboxylic acids is 1. The summed E-state index contributed by atoms with van der Waals surface area (Å²) in [5.41, 5.74) is 2.71. The van der Waals surface area contributed by atoms with Crippen molar-refractivity contribution in [3.05, 3.63) is 82.0 Å². The average molecular weight is 580 g/mol. The Balaban J connectivity index is 1.45. The van der Waals surface area contributed by atoms with E-state index in [2.05, 4.69) is 10.3 Å². The van der Waals surface area contributed by atoms with E-state index in [1.54, 1.807) is 37.5 Å². The third-order valence-corrected chi connectivity index (χ3v) is 7.22. The van der Waals surface area contributed by atoms with Gasteiger partial charge in [-0.05, 0) is 18.2 Å². The number of morpholine rings is 1. The first-order valence-corrected chi connectivity index (χ1v) is 13.2. The Labute approximate surface area is 240 Å². The van der Waals surface area contributed by atoms with Gasteiger partial charge in [-0.3, -0.25) is 9.78 Å². The van der Waals surface area contributed by atoms with Gasteiger partial charge in [-0.15, -0.1) is 0 Å². The lowest BCUT2D eigenvalue weighted by Gasteiger charge is -2.32. The third kappa shape index (κ3) is 5.59. The van der Waals surface area contributed by atoms with Gasteiger partial charge >= 0.3 is 5.97 Å². The lowest BCUT2D eigenvalue weighted by Crippen LogP contribution is -2.37. The summed E-state index contributed by atoms with van der Waals surface area (Å²) < 4.78 is 26.8. The molecule has 1 aromatic heterocycles. The van der Waals surface area contributed by atoms with Crippen LogP contribution in [0.3, 0.4) is 0 Å². The Morgan fingerprint density at radius 3 is 2.63 bits per heavy atom. The molecule has 0 aliphatic carbocycles. The highest BCUT2D eigenvalue weighted by Crippen LogP contribution is 2.40. The van der Waals surface area contributed by atoms with Crippen molar-refractivity contribution < 1.29 is 28.6 Å². The fraction of sp³-hybridized carbons (Fsp3) is 0.241. The quantitative estimate of drug-likeness (QED) is 0.354. The number of aromatic carboxylic acids is 1. The standard InChI is InChI=1S/C29H27ClFN5O5/c1-33-13-18(12-32)25-11-23(30)22(14-34-25)28(37)36-15-17-3-2-4-19(27(17)41-16-36)20-10-26(35-5-7-40-8-6-35)21(29(38)39)9-24(20)31/h2-4,9-14,32-33H,5-8,15-16H2,1H3,(H,38,39)/b18-13+,32-12?. The topological polar surface area (TPSA) is 128 Å². The van der Waals surface area contributed by atoms with Crippen LogP contribution in [-0.4, -0.2) is 73.2 Å². The molecule has 212 valence electrons. The summed E-state index contributed by atoms with van der Waals surface area (Å²) in [6.07, 6.45) is 4.10. The molecule has 1 amide bonds. The Bertz CT molecular complexity index is 1560. The molecule has 41 heavy (non-hydrogen) atoms. The van der Waals surface area contributed by atoms with Crippen molar-refractivity contribution in [3.63, 3.8) is 0 Å². The zero-order valence-corrected chi connectivity index (χ0v) is 22.9. The molecule has 3 N–H and O–H groups in total. The van der Waals surface area contributed by atoms with Crippen molar-refractivity contribution in [2.45, 2.75) is 6.54 Å². The van der Waals surface area contributed by atoms with Gasteiger partial charge in [0.1, 0.15) is 11.6 Å². The van der Waals surface area contributed by atoms with E-state index in [1.807, 2.05) is 4.90 Å². The minimum atomic E-state index is -1.22. The van der Waals surface area contributed by atoms with Gasteiger partial charge in [0.15, 0.2) is 6.73 Å². The van der Waals surface area contributed by atoms with E-state index < -0.39 is 17.7 Å². The van der Waals surface area contributed by atoms with Gasteiger partial charge in [0.2, 0.25) is 0 Å². The molecule has 12 heteroatoms. The van der Waals surface area contributed by atoms with Crippen LogP contribution in [-0.2, 0) is 11.3 Å². The summed E-state index contributed by atoms with van der Waals surface area (Å²) in [5, 5.41) is 20.3. The number of nitrogens with one attached hydrogen (secondary N) is 2. The lowest BCUT2D eigenvalue weighted by molar-refractivity contribution is 0.0515. The molecule has 0 saturated carbocycles. The number of rotatable bonds is 7. The van der Waals surface area contributed by atoms with Crippen LogP contribution < -0.4 is 15.0 Å². The van der Waals surface area contributed by atoms with E-state index in [0.29, 0.717) is 60.1 Å². The maximum atomic E-state index is 15.4. The third-order valence-electron chi connectivity index (χ3n) is 6.90. The number of fused-ring (bicyclic) bond motifs is 1. The van der Waals surface area contributed by atoms with Crippen molar-refractivity contribution in [1.82, 2.24) is 15.2 Å². The number of nitrogens with zero attached hydrogens (tertiary/aromatic N) is 3. The van der Waals surface area contributed by atoms with Crippen molar-refractivity contribution in [1.29, 1.82) is 5.41 Å². The maximum absolute atomic E-state index is 15.4. The highest BCUT2D eigenvalue weighted by atomic mass is 35.5. The van der Waals surface area contributed by atoms with Crippen LogP contribution in [0.4, 0.5) is 10.1 Å². The second-order valence-electron chi connectivity index (χ2n) is 9.41. The van der Waals surface area contributed by atoms with E-state index in [4.69, 9.17) is 26.5 Å². The number of allylic oxidation sites excluding steroid dienone is 1. The minimum Gasteiger partial charge on any atom is -0.478 e. The van der Waals surface area contributed by atoms with E-state index >= 15 is 4.39 Å². The van der Waals surface area contributed by atoms with Crippen molar-refractivity contribution >= 4 is 41.0 Å². The van der Waals surface area contributed by atoms with Crippen molar-refractivity contribution in [2.75, 3.05) is 45.0 Å². The molecule has 3 aromatic rings. The molecule has 2 aromatic carbocycles. The van der Waals surface area contributed by atoms with Gasteiger partial charge in [0.25, 0.3) is 5.91 Å². The number of anilines is 1. The van der Waals surface area contributed by atoms with Crippen molar-refractivity contribution in [2.24, 2.45) is 0 Å². The second kappa shape index (κ2) is 11.9. The van der Waals surface area contributed by atoms with Gasteiger partial charge < -0.3 is 35.1 Å². The van der Waals surface area contributed by atoms with Gasteiger partial charge in [-0.1, -0.05) is 29.8 Å². The summed E-state index contributed by atoms with van der Waals surface area (Å²) in [6, 6.07) is 9.33. The molecule has 10 nitrogen and oxygen atoms in total. The van der Waals surface area contributed by atoms with Crippen LogP contribution in [0.15, 0.2) is 48.8 Å². The fourth-order valence-corrected chi connectivity index (χ4v) is 5.12. The van der Waals surface area contributed by atoms with Crippen LogP contribution in [0.1, 0.15) is 32.0 Å². The second-order valence-corrected chi connectivity index (χ2v) is 9.81. The number of benzene rings is 2. The number of carboxylic acids is 1. The Morgan fingerprint density at radius 2 is 1.95 bits per heavy atom. The van der Waals surface area contributed by atoms with Crippen LogP contribution in [0.25, 0.3) is 16.7 Å². The molecular formula is C29H27ClFN5O5. The zero-order valence-electron chi connectivity index (χ0n) is 22.1. The fourth-order valence-electron chi connectivity index (χ4n) is 4.88. The Morgan fingerprint density at radius 1 is 1.17 bits per heavy atom. The average Bonchev–Trinajstić information content (AvgIpc) is 2.99. The van der Waals surface area contributed by atoms with Gasteiger partial charge in [0.05, 0.1) is 47.3 Å². The molecule has 0 bridgehead atoms. The maximum Gasteiger partial charge on any atom is 0.337 e. The van der Waals surface area contributed by atoms with E-state index in [-0.39, 0.29) is 35.0 Å². The molecule has 3 heterocycles. The molecular weight excluding hydrogens is 553 g/mol. The summed E-state index contributed by atoms with van der Waals surface area (Å²) >= 11 is 6.44.